The number of carbonyl (C=O) groups is 2. The molecule has 16 heteroatoms. The van der Waals surface area contributed by atoms with Crippen LogP contribution in [0.4, 0.5) is 21.9 Å². The van der Waals surface area contributed by atoms with E-state index in [1.807, 2.05) is 12.1 Å². The third-order valence-electron chi connectivity index (χ3n) is 9.48. The van der Waals surface area contributed by atoms with Gasteiger partial charge in [-0.05, 0) is 68.9 Å². The Morgan fingerprint density at radius 1 is 0.944 bits per heavy atom. The lowest BCUT2D eigenvalue weighted by molar-refractivity contribution is -0.124. The number of nitrogens with zero attached hydrogens (tertiary/aromatic N) is 8. The van der Waals surface area contributed by atoms with Crippen molar-refractivity contribution in [3.05, 3.63) is 73.8 Å². The molecule has 0 atom stereocenters. The molecule has 1 saturated heterocycles. The van der Waals surface area contributed by atoms with Crippen LogP contribution < -0.4 is 10.2 Å². The van der Waals surface area contributed by atoms with Gasteiger partial charge in [0.1, 0.15) is 23.8 Å². The summed E-state index contributed by atoms with van der Waals surface area (Å²) in [6, 6.07) is 12.0. The van der Waals surface area contributed by atoms with E-state index in [4.69, 9.17) is 61.6 Å². The number of nitrogens with one attached hydrogen (secondary N) is 1. The van der Waals surface area contributed by atoms with Crippen molar-refractivity contribution in [2.24, 2.45) is 4.99 Å². The Morgan fingerprint density at radius 3 is 2.22 bits per heavy atom. The molecule has 1 spiro atoms. The van der Waals surface area contributed by atoms with Gasteiger partial charge in [-0.3, -0.25) is 15.0 Å². The summed E-state index contributed by atoms with van der Waals surface area (Å²) in [6.45, 7) is 18.6. The van der Waals surface area contributed by atoms with Crippen LogP contribution >= 0.6 is 23.2 Å². The topological polar surface area (TPSA) is 181 Å². The molecule has 280 valence electrons. The summed E-state index contributed by atoms with van der Waals surface area (Å²) in [6.07, 6.45) is 8.49. The highest BCUT2D eigenvalue weighted by molar-refractivity contribution is 6.34. The van der Waals surface area contributed by atoms with Crippen LogP contribution in [0.3, 0.4) is 0 Å². The van der Waals surface area contributed by atoms with E-state index in [0.29, 0.717) is 64.8 Å². The normalized spacial score (nSPS) is 16.1. The predicted octanol–water partition coefficient (Wildman–Crippen LogP) is 7.61. The maximum absolute atomic E-state index is 13.3. The van der Waals surface area contributed by atoms with E-state index in [9.17, 15) is 14.4 Å². The Hall–Kier alpha value is -5.33. The molecule has 0 bridgehead atoms. The van der Waals surface area contributed by atoms with Crippen LogP contribution in [0.2, 0.25) is 10.0 Å². The highest BCUT2D eigenvalue weighted by atomic mass is 35.5. The zero-order chi connectivity index (χ0) is 39.7. The van der Waals surface area contributed by atoms with Crippen molar-refractivity contribution >= 4 is 58.3 Å². The van der Waals surface area contributed by atoms with Crippen molar-refractivity contribution in [3.8, 4) is 18.2 Å². The SMILES string of the molecule is N#CCOCCNC1(C#N)CCCC1.[C-]#[N+]COCCN1C(=O)N(c2ccc(C#N)c(Cl)c2C)C(=O)C12CCCC2.[C-]#[N+]c1ccc(N=C=O)c(Cl)c1C. The van der Waals surface area contributed by atoms with E-state index in [2.05, 4.69) is 26.1 Å². The summed E-state index contributed by atoms with van der Waals surface area (Å²) in [5, 5.41) is 30.2. The summed E-state index contributed by atoms with van der Waals surface area (Å²) in [4.78, 5) is 49.0. The number of anilines is 1. The van der Waals surface area contributed by atoms with Gasteiger partial charge in [0.2, 0.25) is 6.08 Å². The number of imide groups is 1. The smallest absolute Gasteiger partial charge is 0.332 e. The third-order valence-corrected chi connectivity index (χ3v) is 10.4. The van der Waals surface area contributed by atoms with Gasteiger partial charge in [0.25, 0.3) is 5.91 Å². The summed E-state index contributed by atoms with van der Waals surface area (Å²) in [7, 11) is 0. The fourth-order valence-electron chi connectivity index (χ4n) is 6.65. The Balaban J connectivity index is 0.000000244. The Morgan fingerprint density at radius 2 is 1.63 bits per heavy atom. The minimum Gasteiger partial charge on any atom is -0.365 e. The van der Waals surface area contributed by atoms with Gasteiger partial charge in [0.15, 0.2) is 5.69 Å². The zero-order valence-electron chi connectivity index (χ0n) is 30.1. The van der Waals surface area contributed by atoms with Crippen molar-refractivity contribution in [2.75, 3.05) is 44.5 Å². The number of amides is 3. The lowest BCUT2D eigenvalue weighted by atomic mass is 9.95. The maximum atomic E-state index is 13.3. The highest BCUT2D eigenvalue weighted by Crippen LogP contribution is 2.44. The van der Waals surface area contributed by atoms with Gasteiger partial charge >= 0.3 is 12.8 Å². The number of carbonyl (C=O) groups excluding carboxylic acids is 3. The molecule has 5 rings (SSSR count). The summed E-state index contributed by atoms with van der Waals surface area (Å²) in [5.74, 6) is -0.251. The summed E-state index contributed by atoms with van der Waals surface area (Å²) >= 11 is 12.1. The number of benzene rings is 2. The maximum Gasteiger partial charge on any atom is 0.332 e. The van der Waals surface area contributed by atoms with Crippen LogP contribution in [0.1, 0.15) is 68.1 Å². The molecule has 0 unspecified atom stereocenters. The van der Waals surface area contributed by atoms with Gasteiger partial charge in [-0.25, -0.2) is 25.9 Å². The minimum atomic E-state index is -0.856. The Bertz CT molecular complexity index is 1950. The first kappa shape index (κ1) is 43.1. The molecule has 0 radical (unpaired) electrons. The first-order valence-corrected chi connectivity index (χ1v) is 17.9. The molecular formula is C38H39Cl2N9O5. The first-order valence-electron chi connectivity index (χ1n) is 17.1. The fourth-order valence-corrected chi connectivity index (χ4v) is 7.06. The monoisotopic (exact) mass is 771 g/mol. The van der Waals surface area contributed by atoms with Crippen molar-refractivity contribution in [3.63, 3.8) is 0 Å². The number of ether oxygens (including phenoxy) is 2. The van der Waals surface area contributed by atoms with Crippen LogP contribution in [-0.2, 0) is 19.1 Å². The number of isocyanates is 1. The first-order chi connectivity index (χ1) is 26.0. The number of hydrogen-bond donors (Lipinski definition) is 1. The van der Waals surface area contributed by atoms with E-state index in [0.717, 1.165) is 38.5 Å². The molecule has 3 amide bonds. The average molecular weight is 773 g/mol. The number of aliphatic imine (C=N–C) groups is 1. The van der Waals surface area contributed by atoms with Gasteiger partial charge in [0.05, 0.1) is 58.9 Å². The molecule has 3 aliphatic rings. The number of urea groups is 1. The average Bonchev–Trinajstić information content (AvgIpc) is 3.91. The molecule has 0 aromatic heterocycles. The summed E-state index contributed by atoms with van der Waals surface area (Å²) in [5.41, 5.74) is 1.50. The van der Waals surface area contributed by atoms with Crippen molar-refractivity contribution < 1.29 is 23.9 Å². The van der Waals surface area contributed by atoms with E-state index >= 15 is 0 Å². The lowest BCUT2D eigenvalue weighted by Gasteiger charge is -2.30. The van der Waals surface area contributed by atoms with E-state index in [1.54, 1.807) is 30.9 Å². The van der Waals surface area contributed by atoms with Gasteiger partial charge in [-0.15, -0.1) is 0 Å². The second-order valence-corrected chi connectivity index (χ2v) is 13.3. The van der Waals surface area contributed by atoms with E-state index < -0.39 is 11.6 Å². The van der Waals surface area contributed by atoms with Crippen LogP contribution in [0.15, 0.2) is 29.3 Å². The van der Waals surface area contributed by atoms with Crippen molar-refractivity contribution in [2.45, 2.75) is 76.3 Å². The van der Waals surface area contributed by atoms with Gasteiger partial charge < -0.3 is 14.4 Å². The number of rotatable bonds is 11. The third kappa shape index (κ3) is 10.00. The fraction of sp³-hybridized carbons (Fsp3) is 0.474. The van der Waals surface area contributed by atoms with Crippen LogP contribution in [0.5, 0.6) is 0 Å². The summed E-state index contributed by atoms with van der Waals surface area (Å²) < 4.78 is 10.2. The molecule has 1 heterocycles. The largest absolute Gasteiger partial charge is 0.365 e. The quantitative estimate of drug-likeness (QED) is 0.0790. The highest BCUT2D eigenvalue weighted by Gasteiger charge is 2.58. The molecule has 2 saturated carbocycles. The molecule has 3 fully saturated rings. The predicted molar refractivity (Wildman–Crippen MR) is 201 cm³/mol. The van der Waals surface area contributed by atoms with Crippen molar-refractivity contribution in [1.82, 2.24) is 10.2 Å². The van der Waals surface area contributed by atoms with Crippen LogP contribution in [0.25, 0.3) is 9.69 Å². The molecule has 1 N–H and O–H groups in total. The van der Waals surface area contributed by atoms with E-state index in [-0.39, 0.29) is 43.0 Å². The Kier molecular flexibility index (Phi) is 16.6. The van der Waals surface area contributed by atoms with E-state index in [1.165, 1.54) is 23.1 Å². The molecule has 54 heavy (non-hydrogen) atoms. The molecule has 14 nitrogen and oxygen atoms in total. The van der Waals surface area contributed by atoms with Crippen LogP contribution in [0, 0.1) is 61.0 Å². The minimum absolute atomic E-state index is 0.0724. The molecular weight excluding hydrogens is 733 g/mol. The number of nitriles is 3. The lowest BCUT2D eigenvalue weighted by Crippen LogP contribution is -2.48. The molecule has 1 aliphatic heterocycles. The van der Waals surface area contributed by atoms with Gasteiger partial charge in [-0.2, -0.15) is 20.8 Å². The second kappa shape index (κ2) is 20.8. The number of hydrogen-bond acceptors (Lipinski definition) is 10. The van der Waals surface area contributed by atoms with Crippen LogP contribution in [-0.4, -0.2) is 73.6 Å². The molecule has 2 aromatic carbocycles. The van der Waals surface area contributed by atoms with Gasteiger partial charge in [-0.1, -0.05) is 55.0 Å². The number of halogens is 2. The second-order valence-electron chi connectivity index (χ2n) is 12.6. The van der Waals surface area contributed by atoms with Gasteiger partial charge in [0, 0.05) is 13.1 Å². The standard InChI is InChI=1S/C19H19ClN4O3.C10H15N3O.C9H5ClN2O/c1-13-15(6-5-14(11-21)16(13)20)24-17(25)19(7-3-4-8-19)23(18(24)26)9-10-27-12-22-2;11-5-7-14-8-6-13-10(9-12)3-1-2-4-10;1-6-7(11-2)3-4-8(9(6)10)12-5-13/h5-6H,3-4,7-10,12H2,1H3;13H,1-4,6-8H2;3-4H,1H3. The Labute approximate surface area is 325 Å². The molecule has 2 aliphatic carbocycles. The molecule has 2 aromatic rings. The van der Waals surface area contributed by atoms with Crippen molar-refractivity contribution in [1.29, 1.82) is 15.8 Å². The zero-order valence-corrected chi connectivity index (χ0v) is 31.6.